The molecule has 0 bridgehead atoms. The second-order valence-corrected chi connectivity index (χ2v) is 6.51. The van der Waals surface area contributed by atoms with Crippen LogP contribution in [0.25, 0.3) is 0 Å². The summed E-state index contributed by atoms with van der Waals surface area (Å²) in [6.45, 7) is 7.49. The SMILES string of the molecule is CCCC(C)(CC)C(=O)OCC(O)COC(=O)CSCC. The third-order valence-corrected chi connectivity index (χ3v) is 4.19. The summed E-state index contributed by atoms with van der Waals surface area (Å²) >= 11 is 1.46. The molecule has 0 spiro atoms. The maximum atomic E-state index is 12.0. The maximum absolute atomic E-state index is 12.0. The predicted molar refractivity (Wildman–Crippen MR) is 84.2 cm³/mol. The zero-order valence-corrected chi connectivity index (χ0v) is 14.3. The van der Waals surface area contributed by atoms with Crippen molar-refractivity contribution < 1.29 is 24.2 Å². The van der Waals surface area contributed by atoms with Gasteiger partial charge >= 0.3 is 11.9 Å². The zero-order valence-electron chi connectivity index (χ0n) is 13.5. The average molecular weight is 320 g/mol. The van der Waals surface area contributed by atoms with Crippen LogP contribution in [0.5, 0.6) is 0 Å². The molecule has 5 nitrogen and oxygen atoms in total. The first-order chi connectivity index (χ1) is 9.89. The summed E-state index contributed by atoms with van der Waals surface area (Å²) in [5, 5.41) is 9.68. The first-order valence-electron chi connectivity index (χ1n) is 7.48. The first kappa shape index (κ1) is 20.2. The van der Waals surface area contributed by atoms with E-state index >= 15 is 0 Å². The van der Waals surface area contributed by atoms with Crippen LogP contribution in [-0.4, -0.2) is 47.9 Å². The molecule has 0 aliphatic heterocycles. The molecule has 0 saturated carbocycles. The van der Waals surface area contributed by atoms with Gasteiger partial charge in [-0.25, -0.2) is 0 Å². The van der Waals surface area contributed by atoms with E-state index in [9.17, 15) is 14.7 Å². The Morgan fingerprint density at radius 3 is 2.33 bits per heavy atom. The number of rotatable bonds is 11. The molecule has 6 heteroatoms. The Morgan fingerprint density at radius 1 is 1.19 bits per heavy atom. The molecule has 0 aromatic carbocycles. The monoisotopic (exact) mass is 320 g/mol. The fourth-order valence-electron chi connectivity index (χ4n) is 1.79. The van der Waals surface area contributed by atoms with Crippen molar-refractivity contribution in [2.24, 2.45) is 5.41 Å². The van der Waals surface area contributed by atoms with Gasteiger partial charge in [0, 0.05) is 0 Å². The smallest absolute Gasteiger partial charge is 0.315 e. The van der Waals surface area contributed by atoms with E-state index in [4.69, 9.17) is 9.47 Å². The van der Waals surface area contributed by atoms with Gasteiger partial charge in [0.25, 0.3) is 0 Å². The van der Waals surface area contributed by atoms with E-state index in [1.165, 1.54) is 11.8 Å². The Balaban J connectivity index is 4.04. The van der Waals surface area contributed by atoms with Crippen molar-refractivity contribution in [2.45, 2.75) is 53.1 Å². The Morgan fingerprint density at radius 2 is 1.81 bits per heavy atom. The predicted octanol–water partition coefficient (Wildman–Crippen LogP) is 2.40. The molecule has 2 unspecified atom stereocenters. The minimum atomic E-state index is -0.979. The van der Waals surface area contributed by atoms with Crippen molar-refractivity contribution in [3.8, 4) is 0 Å². The fourth-order valence-corrected chi connectivity index (χ4v) is 2.24. The number of aliphatic hydroxyl groups excluding tert-OH is 1. The van der Waals surface area contributed by atoms with Crippen molar-refractivity contribution in [2.75, 3.05) is 24.7 Å². The highest BCUT2D eigenvalue weighted by molar-refractivity contribution is 7.99. The summed E-state index contributed by atoms with van der Waals surface area (Å²) in [7, 11) is 0. The molecule has 0 heterocycles. The lowest BCUT2D eigenvalue weighted by molar-refractivity contribution is -0.160. The van der Waals surface area contributed by atoms with Crippen LogP contribution < -0.4 is 0 Å². The van der Waals surface area contributed by atoms with Crippen molar-refractivity contribution >= 4 is 23.7 Å². The van der Waals surface area contributed by atoms with Gasteiger partial charge in [-0.2, -0.15) is 11.8 Å². The van der Waals surface area contributed by atoms with Gasteiger partial charge < -0.3 is 14.6 Å². The summed E-state index contributed by atoms with van der Waals surface area (Å²) in [5.74, 6) is 0.436. The standard InChI is InChI=1S/C15H28O5S/c1-5-8-15(4,6-2)14(18)20-10-12(16)9-19-13(17)11-21-7-3/h12,16H,5-11H2,1-4H3. The zero-order chi connectivity index (χ0) is 16.3. The molecule has 21 heavy (non-hydrogen) atoms. The number of aliphatic hydroxyl groups is 1. The number of esters is 2. The topological polar surface area (TPSA) is 72.8 Å². The minimum absolute atomic E-state index is 0.146. The average Bonchev–Trinajstić information content (AvgIpc) is 2.48. The quantitative estimate of drug-likeness (QED) is 0.589. The molecular weight excluding hydrogens is 292 g/mol. The molecule has 0 radical (unpaired) electrons. The van der Waals surface area contributed by atoms with Gasteiger partial charge in [-0.05, 0) is 25.5 Å². The molecule has 0 aliphatic rings. The molecular formula is C15H28O5S. The fraction of sp³-hybridized carbons (Fsp3) is 0.867. The molecule has 1 N–H and O–H groups in total. The first-order valence-corrected chi connectivity index (χ1v) is 8.63. The van der Waals surface area contributed by atoms with E-state index in [0.29, 0.717) is 6.42 Å². The number of carbonyl (C=O) groups is 2. The molecule has 0 fully saturated rings. The Labute approximate surface area is 131 Å². The van der Waals surface area contributed by atoms with Crippen molar-refractivity contribution in [3.05, 3.63) is 0 Å². The van der Waals surface area contributed by atoms with Crippen LogP contribution in [0.4, 0.5) is 0 Å². The number of thioether (sulfide) groups is 1. The van der Waals surface area contributed by atoms with Gasteiger partial charge in [0.2, 0.25) is 0 Å². The number of hydrogen-bond acceptors (Lipinski definition) is 6. The van der Waals surface area contributed by atoms with Gasteiger partial charge in [-0.15, -0.1) is 0 Å². The van der Waals surface area contributed by atoms with Gasteiger partial charge in [-0.1, -0.05) is 27.2 Å². The van der Waals surface area contributed by atoms with Crippen molar-refractivity contribution in [1.82, 2.24) is 0 Å². The molecule has 0 aromatic heterocycles. The minimum Gasteiger partial charge on any atom is -0.462 e. The maximum Gasteiger partial charge on any atom is 0.315 e. The lowest BCUT2D eigenvalue weighted by atomic mass is 9.83. The molecule has 0 aromatic rings. The second-order valence-electron chi connectivity index (χ2n) is 5.24. The van der Waals surface area contributed by atoms with Gasteiger partial charge in [-0.3, -0.25) is 9.59 Å². The molecule has 2 atom stereocenters. The van der Waals surface area contributed by atoms with Gasteiger partial charge in [0.1, 0.15) is 19.3 Å². The van der Waals surface area contributed by atoms with E-state index < -0.39 is 11.5 Å². The van der Waals surface area contributed by atoms with Crippen LogP contribution in [-0.2, 0) is 19.1 Å². The van der Waals surface area contributed by atoms with Crippen LogP contribution in [0, 0.1) is 5.41 Å². The number of carbonyl (C=O) groups excluding carboxylic acids is 2. The summed E-state index contributed by atoms with van der Waals surface area (Å²) < 4.78 is 10.0. The summed E-state index contributed by atoms with van der Waals surface area (Å²) in [5.41, 5.74) is -0.511. The molecule has 0 rings (SSSR count). The second kappa shape index (κ2) is 10.9. The van der Waals surface area contributed by atoms with E-state index in [-0.39, 0.29) is 30.9 Å². The largest absolute Gasteiger partial charge is 0.462 e. The summed E-state index contributed by atoms with van der Waals surface area (Å²) in [6, 6.07) is 0. The third-order valence-electron chi connectivity index (χ3n) is 3.34. The Kier molecular flexibility index (Phi) is 10.5. The molecule has 124 valence electrons. The normalized spacial score (nSPS) is 15.1. The van der Waals surface area contributed by atoms with E-state index in [0.717, 1.165) is 18.6 Å². The summed E-state index contributed by atoms with van der Waals surface area (Å²) in [6.07, 6.45) is 1.36. The van der Waals surface area contributed by atoms with Crippen molar-refractivity contribution in [3.63, 3.8) is 0 Å². The van der Waals surface area contributed by atoms with E-state index in [1.54, 1.807) is 0 Å². The number of hydrogen-bond donors (Lipinski definition) is 1. The van der Waals surface area contributed by atoms with Crippen LogP contribution in [0.1, 0.15) is 47.0 Å². The Bertz CT molecular complexity index is 321. The van der Waals surface area contributed by atoms with Crippen LogP contribution in [0.15, 0.2) is 0 Å². The van der Waals surface area contributed by atoms with Crippen LogP contribution in [0.3, 0.4) is 0 Å². The lowest BCUT2D eigenvalue weighted by Gasteiger charge is -2.25. The number of ether oxygens (including phenoxy) is 2. The van der Waals surface area contributed by atoms with E-state index in [2.05, 4.69) is 0 Å². The lowest BCUT2D eigenvalue weighted by Crippen LogP contribution is -2.33. The Hall–Kier alpha value is -0.750. The third kappa shape index (κ3) is 8.31. The molecule has 0 saturated heterocycles. The molecule has 0 amide bonds. The summed E-state index contributed by atoms with van der Waals surface area (Å²) in [4.78, 5) is 23.3. The molecule has 0 aliphatic carbocycles. The van der Waals surface area contributed by atoms with Crippen LogP contribution in [0.2, 0.25) is 0 Å². The van der Waals surface area contributed by atoms with Gasteiger partial charge in [0.15, 0.2) is 0 Å². The highest BCUT2D eigenvalue weighted by Crippen LogP contribution is 2.28. The van der Waals surface area contributed by atoms with Crippen LogP contribution >= 0.6 is 11.8 Å². The van der Waals surface area contributed by atoms with Gasteiger partial charge in [0.05, 0.1) is 11.2 Å². The van der Waals surface area contributed by atoms with Crippen molar-refractivity contribution in [1.29, 1.82) is 0 Å². The highest BCUT2D eigenvalue weighted by atomic mass is 32.2. The highest BCUT2D eigenvalue weighted by Gasteiger charge is 2.32. The van der Waals surface area contributed by atoms with E-state index in [1.807, 2.05) is 27.7 Å².